The molecule has 158 valence electrons. The zero-order valence-electron chi connectivity index (χ0n) is 18.0. The second-order valence-corrected chi connectivity index (χ2v) is 7.86. The molecule has 1 aromatic rings. The Balaban J connectivity index is 2.26. The fourth-order valence-electron chi connectivity index (χ4n) is 2.98. The highest BCUT2D eigenvalue weighted by atomic mass is 16.5. The molecule has 4 nitrogen and oxygen atoms in total. The quantitative estimate of drug-likeness (QED) is 0.251. The lowest BCUT2D eigenvalue weighted by atomic mass is 10.0. The molecule has 0 aliphatic carbocycles. The molecule has 0 saturated carbocycles. The maximum absolute atomic E-state index is 12.2. The van der Waals surface area contributed by atoms with Crippen molar-refractivity contribution < 1.29 is 19.1 Å². The van der Waals surface area contributed by atoms with Gasteiger partial charge in [0, 0.05) is 0 Å². The smallest absolute Gasteiger partial charge is 0.338 e. The summed E-state index contributed by atoms with van der Waals surface area (Å²) in [6, 6.07) is 6.59. The highest BCUT2D eigenvalue weighted by Gasteiger charge is 2.12. The van der Waals surface area contributed by atoms with Crippen LogP contribution in [0.4, 0.5) is 0 Å². The van der Waals surface area contributed by atoms with E-state index in [1.165, 1.54) is 25.7 Å². The molecule has 0 atom stereocenters. The van der Waals surface area contributed by atoms with Crippen LogP contribution in [0.3, 0.4) is 0 Å². The summed E-state index contributed by atoms with van der Waals surface area (Å²) in [6.45, 7) is 7.49. The van der Waals surface area contributed by atoms with E-state index in [0.29, 0.717) is 24.3 Å². The average molecular weight is 391 g/mol. The van der Waals surface area contributed by atoms with Crippen molar-refractivity contribution in [3.05, 3.63) is 35.4 Å². The van der Waals surface area contributed by atoms with Gasteiger partial charge in [0.05, 0.1) is 24.3 Å². The Labute approximate surface area is 171 Å². The molecule has 0 fully saturated rings. The zero-order chi connectivity index (χ0) is 20.6. The van der Waals surface area contributed by atoms with Crippen LogP contribution in [-0.2, 0) is 9.47 Å². The number of hydrogen-bond donors (Lipinski definition) is 0. The van der Waals surface area contributed by atoms with Gasteiger partial charge in [0.1, 0.15) is 0 Å². The monoisotopic (exact) mass is 390 g/mol. The second kappa shape index (κ2) is 15.1. The van der Waals surface area contributed by atoms with Gasteiger partial charge in [-0.15, -0.1) is 0 Å². The minimum atomic E-state index is -0.382. The van der Waals surface area contributed by atoms with Crippen molar-refractivity contribution in [1.29, 1.82) is 0 Å². The van der Waals surface area contributed by atoms with Crippen molar-refractivity contribution in [1.82, 2.24) is 0 Å². The van der Waals surface area contributed by atoms with Crippen LogP contribution in [0.2, 0.25) is 0 Å². The van der Waals surface area contributed by atoms with Crippen LogP contribution in [0.15, 0.2) is 24.3 Å². The van der Waals surface area contributed by atoms with Crippen LogP contribution in [0.5, 0.6) is 0 Å². The fraction of sp³-hybridized carbons (Fsp3) is 0.667. The predicted molar refractivity (Wildman–Crippen MR) is 114 cm³/mol. The number of ether oxygens (including phenoxy) is 2. The molecule has 0 aliphatic heterocycles. The Kier molecular flexibility index (Phi) is 13.1. The number of hydrogen-bond acceptors (Lipinski definition) is 4. The normalized spacial score (nSPS) is 10.9. The first-order chi connectivity index (χ1) is 13.5. The lowest BCUT2D eigenvalue weighted by Crippen LogP contribution is -2.10. The van der Waals surface area contributed by atoms with Crippen LogP contribution in [0.1, 0.15) is 106 Å². The van der Waals surface area contributed by atoms with Crippen molar-refractivity contribution in [2.75, 3.05) is 13.2 Å². The van der Waals surface area contributed by atoms with Gasteiger partial charge in [-0.2, -0.15) is 0 Å². The van der Waals surface area contributed by atoms with E-state index in [4.69, 9.17) is 9.47 Å². The molecular weight excluding hydrogens is 352 g/mol. The number of unbranched alkanes of at least 4 members (excludes halogenated alkanes) is 7. The third-order valence-electron chi connectivity index (χ3n) is 4.72. The van der Waals surface area contributed by atoms with E-state index in [1.54, 1.807) is 24.3 Å². The van der Waals surface area contributed by atoms with Gasteiger partial charge in [0.25, 0.3) is 0 Å². The number of rotatable bonds is 15. The minimum Gasteiger partial charge on any atom is -0.462 e. The van der Waals surface area contributed by atoms with E-state index in [-0.39, 0.29) is 11.9 Å². The Morgan fingerprint density at radius 3 is 1.82 bits per heavy atom. The lowest BCUT2D eigenvalue weighted by Gasteiger charge is -2.08. The average Bonchev–Trinajstić information content (AvgIpc) is 2.69. The first-order valence-electron chi connectivity index (χ1n) is 11.0. The first-order valence-corrected chi connectivity index (χ1v) is 11.0. The van der Waals surface area contributed by atoms with Gasteiger partial charge in [0.2, 0.25) is 0 Å². The van der Waals surface area contributed by atoms with Gasteiger partial charge in [0.15, 0.2) is 0 Å². The zero-order valence-corrected chi connectivity index (χ0v) is 18.0. The summed E-state index contributed by atoms with van der Waals surface area (Å²) in [4.78, 5) is 24.3. The molecule has 0 spiro atoms. The maximum Gasteiger partial charge on any atom is 0.338 e. The number of benzene rings is 1. The molecule has 0 amide bonds. The number of esters is 2. The molecular formula is C24H38O4. The molecule has 0 bridgehead atoms. The summed E-state index contributed by atoms with van der Waals surface area (Å²) in [6.07, 6.45) is 11.2. The number of carbonyl (C=O) groups is 2. The molecule has 0 N–H and O–H groups in total. The summed E-state index contributed by atoms with van der Waals surface area (Å²) in [5.41, 5.74) is 0.799. The molecule has 0 unspecified atom stereocenters. The molecule has 0 aromatic heterocycles. The van der Waals surface area contributed by atoms with Crippen LogP contribution < -0.4 is 0 Å². The topological polar surface area (TPSA) is 52.6 Å². The summed E-state index contributed by atoms with van der Waals surface area (Å²) in [7, 11) is 0. The minimum absolute atomic E-state index is 0.377. The van der Waals surface area contributed by atoms with Gasteiger partial charge < -0.3 is 9.47 Å². The molecule has 0 heterocycles. The summed E-state index contributed by atoms with van der Waals surface area (Å²) in [5.74, 6) is 0.0139. The van der Waals surface area contributed by atoms with Crippen LogP contribution >= 0.6 is 0 Å². The van der Waals surface area contributed by atoms with E-state index in [1.807, 2.05) is 0 Å². The van der Waals surface area contributed by atoms with Crippen molar-refractivity contribution >= 4 is 11.9 Å². The first kappa shape index (κ1) is 24.2. The van der Waals surface area contributed by atoms with E-state index in [0.717, 1.165) is 44.4 Å². The molecule has 4 heteroatoms. The Morgan fingerprint density at radius 2 is 1.29 bits per heavy atom. The predicted octanol–water partition coefficient (Wildman–Crippen LogP) is 6.58. The standard InChI is InChI=1S/C24H38O4/c1-4-5-6-11-17-27-23(25)21-15-13-16-22(19-21)24(26)28-18-12-9-7-8-10-14-20(2)3/h13,15-16,19-20H,4-12,14,17-18H2,1-3H3. The molecule has 1 rings (SSSR count). The molecule has 28 heavy (non-hydrogen) atoms. The summed E-state index contributed by atoms with van der Waals surface area (Å²) >= 11 is 0. The molecule has 0 radical (unpaired) electrons. The molecule has 1 aromatic carbocycles. The third kappa shape index (κ3) is 11.1. The van der Waals surface area contributed by atoms with E-state index >= 15 is 0 Å². The highest BCUT2D eigenvalue weighted by Crippen LogP contribution is 2.12. The van der Waals surface area contributed by atoms with Crippen LogP contribution in [0, 0.1) is 5.92 Å². The van der Waals surface area contributed by atoms with E-state index in [9.17, 15) is 9.59 Å². The van der Waals surface area contributed by atoms with Crippen molar-refractivity contribution in [3.63, 3.8) is 0 Å². The molecule has 0 aliphatic rings. The van der Waals surface area contributed by atoms with Gasteiger partial charge in [-0.25, -0.2) is 9.59 Å². The van der Waals surface area contributed by atoms with Gasteiger partial charge in [-0.1, -0.05) is 78.2 Å². The van der Waals surface area contributed by atoms with E-state index < -0.39 is 0 Å². The largest absolute Gasteiger partial charge is 0.462 e. The SMILES string of the molecule is CCCCCCOC(=O)c1cccc(C(=O)OCCCCCCCC(C)C)c1. The van der Waals surface area contributed by atoms with Crippen molar-refractivity contribution in [3.8, 4) is 0 Å². The van der Waals surface area contributed by atoms with Crippen LogP contribution in [-0.4, -0.2) is 25.2 Å². The lowest BCUT2D eigenvalue weighted by molar-refractivity contribution is 0.0496. The highest BCUT2D eigenvalue weighted by molar-refractivity contribution is 5.95. The molecule has 0 saturated heterocycles. The third-order valence-corrected chi connectivity index (χ3v) is 4.72. The summed E-state index contributed by atoms with van der Waals surface area (Å²) in [5, 5.41) is 0. The Morgan fingerprint density at radius 1 is 0.786 bits per heavy atom. The second-order valence-electron chi connectivity index (χ2n) is 7.86. The Bertz CT molecular complexity index is 565. The van der Waals surface area contributed by atoms with Gasteiger partial charge in [-0.3, -0.25) is 0 Å². The van der Waals surface area contributed by atoms with Gasteiger partial charge >= 0.3 is 11.9 Å². The maximum atomic E-state index is 12.2. The van der Waals surface area contributed by atoms with Crippen LogP contribution in [0.25, 0.3) is 0 Å². The van der Waals surface area contributed by atoms with Gasteiger partial charge in [-0.05, 0) is 37.0 Å². The van der Waals surface area contributed by atoms with Crippen molar-refractivity contribution in [2.45, 2.75) is 85.0 Å². The summed E-state index contributed by atoms with van der Waals surface area (Å²) < 4.78 is 10.6. The van der Waals surface area contributed by atoms with E-state index in [2.05, 4.69) is 20.8 Å². The number of carbonyl (C=O) groups excluding carboxylic acids is 2. The van der Waals surface area contributed by atoms with Crippen molar-refractivity contribution in [2.24, 2.45) is 5.92 Å². The fourth-order valence-corrected chi connectivity index (χ4v) is 2.98. The Hall–Kier alpha value is -1.84.